The Labute approximate surface area is 104 Å². The van der Waals surface area contributed by atoms with E-state index in [2.05, 4.69) is 6.58 Å². The molecule has 0 spiro atoms. The standard InChI is InChI=1S/C15H22O2/c1-11(2)13-7-9-14(10-8-13)17-15(5,6)16-12(3)4/h7-10,12H,1H2,2-6H3. The highest BCUT2D eigenvalue weighted by atomic mass is 16.7. The third-order valence-electron chi connectivity index (χ3n) is 2.23. The predicted molar refractivity (Wildman–Crippen MR) is 72.1 cm³/mol. The van der Waals surface area contributed by atoms with E-state index in [0.717, 1.165) is 16.9 Å². The van der Waals surface area contributed by atoms with E-state index >= 15 is 0 Å². The van der Waals surface area contributed by atoms with Crippen LogP contribution in [0.25, 0.3) is 5.57 Å². The minimum absolute atomic E-state index is 0.139. The summed E-state index contributed by atoms with van der Waals surface area (Å²) in [6, 6.07) is 7.89. The molecule has 0 heterocycles. The van der Waals surface area contributed by atoms with Gasteiger partial charge in [0.05, 0.1) is 6.10 Å². The Balaban J connectivity index is 2.71. The molecule has 2 heteroatoms. The third-order valence-corrected chi connectivity index (χ3v) is 2.23. The highest BCUT2D eigenvalue weighted by Crippen LogP contribution is 2.22. The second-order valence-corrected chi connectivity index (χ2v) is 4.97. The molecule has 0 unspecified atom stereocenters. The fraction of sp³-hybridized carbons (Fsp3) is 0.467. The Bertz CT molecular complexity index is 374. The van der Waals surface area contributed by atoms with E-state index in [4.69, 9.17) is 9.47 Å². The summed E-state index contributed by atoms with van der Waals surface area (Å²) >= 11 is 0. The lowest BCUT2D eigenvalue weighted by Crippen LogP contribution is -2.34. The van der Waals surface area contributed by atoms with Crippen molar-refractivity contribution in [2.75, 3.05) is 0 Å². The van der Waals surface area contributed by atoms with Gasteiger partial charge in [0.2, 0.25) is 5.79 Å². The normalized spacial score (nSPS) is 11.6. The zero-order chi connectivity index (χ0) is 13.1. The summed E-state index contributed by atoms with van der Waals surface area (Å²) in [7, 11) is 0. The molecule has 1 aromatic carbocycles. The molecule has 0 bridgehead atoms. The van der Waals surface area contributed by atoms with Crippen LogP contribution in [0.2, 0.25) is 0 Å². The van der Waals surface area contributed by atoms with Crippen LogP contribution in [0.4, 0.5) is 0 Å². The number of benzene rings is 1. The highest BCUT2D eigenvalue weighted by molar-refractivity contribution is 5.61. The average Bonchev–Trinajstić information content (AvgIpc) is 2.15. The fourth-order valence-electron chi connectivity index (χ4n) is 1.68. The maximum Gasteiger partial charge on any atom is 0.205 e. The predicted octanol–water partition coefficient (Wildman–Crippen LogP) is 4.26. The van der Waals surface area contributed by atoms with Crippen LogP contribution in [0.3, 0.4) is 0 Å². The number of rotatable bonds is 5. The van der Waals surface area contributed by atoms with E-state index in [1.807, 2.05) is 58.9 Å². The van der Waals surface area contributed by atoms with Crippen LogP contribution in [0.5, 0.6) is 5.75 Å². The molecule has 0 aromatic heterocycles. The molecular formula is C15H22O2. The van der Waals surface area contributed by atoms with Crippen molar-refractivity contribution in [3.8, 4) is 5.75 Å². The van der Waals surface area contributed by atoms with Gasteiger partial charge in [0, 0.05) is 13.8 Å². The van der Waals surface area contributed by atoms with Crippen molar-refractivity contribution in [3.05, 3.63) is 36.4 Å². The largest absolute Gasteiger partial charge is 0.463 e. The lowest BCUT2D eigenvalue weighted by Gasteiger charge is -2.28. The summed E-state index contributed by atoms with van der Waals surface area (Å²) in [6.07, 6.45) is 0.139. The SMILES string of the molecule is C=C(C)c1ccc(OC(C)(C)OC(C)C)cc1. The van der Waals surface area contributed by atoms with Crippen LogP contribution in [0, 0.1) is 0 Å². The highest BCUT2D eigenvalue weighted by Gasteiger charge is 2.21. The Morgan fingerprint density at radius 2 is 1.71 bits per heavy atom. The number of hydrogen-bond acceptors (Lipinski definition) is 2. The number of allylic oxidation sites excluding steroid dienone is 1. The van der Waals surface area contributed by atoms with Gasteiger partial charge in [-0.2, -0.15) is 0 Å². The zero-order valence-corrected chi connectivity index (χ0v) is 11.4. The molecular weight excluding hydrogens is 212 g/mol. The molecule has 0 aliphatic carbocycles. The minimum atomic E-state index is -0.612. The van der Waals surface area contributed by atoms with E-state index in [9.17, 15) is 0 Å². The number of ether oxygens (including phenoxy) is 2. The smallest absolute Gasteiger partial charge is 0.205 e. The van der Waals surface area contributed by atoms with Gasteiger partial charge in [-0.15, -0.1) is 0 Å². The van der Waals surface area contributed by atoms with Gasteiger partial charge in [0.1, 0.15) is 5.75 Å². The molecule has 0 N–H and O–H groups in total. The quantitative estimate of drug-likeness (QED) is 0.709. The van der Waals surface area contributed by atoms with Crippen molar-refractivity contribution in [2.24, 2.45) is 0 Å². The lowest BCUT2D eigenvalue weighted by atomic mass is 10.1. The molecule has 94 valence electrons. The van der Waals surface area contributed by atoms with Gasteiger partial charge in [-0.25, -0.2) is 0 Å². The van der Waals surface area contributed by atoms with Crippen molar-refractivity contribution in [2.45, 2.75) is 46.5 Å². The Morgan fingerprint density at radius 1 is 1.18 bits per heavy atom. The molecule has 17 heavy (non-hydrogen) atoms. The molecule has 0 aliphatic rings. The van der Waals surface area contributed by atoms with Crippen molar-refractivity contribution in [1.82, 2.24) is 0 Å². The van der Waals surface area contributed by atoms with Crippen molar-refractivity contribution in [3.63, 3.8) is 0 Å². The summed E-state index contributed by atoms with van der Waals surface area (Å²) in [5, 5.41) is 0. The minimum Gasteiger partial charge on any atom is -0.463 e. The zero-order valence-electron chi connectivity index (χ0n) is 11.4. The van der Waals surface area contributed by atoms with Crippen molar-refractivity contribution >= 4 is 5.57 Å². The van der Waals surface area contributed by atoms with Gasteiger partial charge in [-0.05, 0) is 38.5 Å². The summed E-state index contributed by atoms with van der Waals surface area (Å²) in [5.41, 5.74) is 2.18. The van der Waals surface area contributed by atoms with E-state index in [1.165, 1.54) is 0 Å². The van der Waals surface area contributed by atoms with Crippen LogP contribution in [0.15, 0.2) is 30.8 Å². The van der Waals surface area contributed by atoms with Crippen LogP contribution in [-0.4, -0.2) is 11.9 Å². The van der Waals surface area contributed by atoms with E-state index in [1.54, 1.807) is 0 Å². The molecule has 0 radical (unpaired) electrons. The summed E-state index contributed by atoms with van der Waals surface area (Å²) in [6.45, 7) is 13.7. The first-order chi connectivity index (χ1) is 7.80. The van der Waals surface area contributed by atoms with Gasteiger partial charge in [-0.1, -0.05) is 24.3 Å². The second-order valence-electron chi connectivity index (χ2n) is 4.97. The van der Waals surface area contributed by atoms with Gasteiger partial charge in [0.15, 0.2) is 0 Å². The van der Waals surface area contributed by atoms with E-state index in [0.29, 0.717) is 0 Å². The first-order valence-corrected chi connectivity index (χ1v) is 5.93. The maximum atomic E-state index is 5.80. The monoisotopic (exact) mass is 234 g/mol. The Kier molecular flexibility index (Phi) is 4.35. The first-order valence-electron chi connectivity index (χ1n) is 5.93. The third kappa shape index (κ3) is 4.61. The van der Waals surface area contributed by atoms with Crippen molar-refractivity contribution in [1.29, 1.82) is 0 Å². The molecule has 0 saturated heterocycles. The molecule has 2 nitrogen and oxygen atoms in total. The molecule has 1 rings (SSSR count). The van der Waals surface area contributed by atoms with Gasteiger partial charge in [-0.3, -0.25) is 0 Å². The van der Waals surface area contributed by atoms with Gasteiger partial charge < -0.3 is 9.47 Å². The Morgan fingerprint density at radius 3 is 2.12 bits per heavy atom. The summed E-state index contributed by atoms with van der Waals surface area (Å²) in [4.78, 5) is 0. The molecule has 0 fully saturated rings. The summed E-state index contributed by atoms with van der Waals surface area (Å²) < 4.78 is 11.5. The lowest BCUT2D eigenvalue weighted by molar-refractivity contribution is -0.178. The molecule has 0 saturated carbocycles. The van der Waals surface area contributed by atoms with Gasteiger partial charge >= 0.3 is 0 Å². The summed E-state index contributed by atoms with van der Waals surface area (Å²) in [5.74, 6) is 0.194. The maximum absolute atomic E-state index is 5.80. The second kappa shape index (κ2) is 5.37. The fourth-order valence-corrected chi connectivity index (χ4v) is 1.68. The molecule has 1 aromatic rings. The van der Waals surface area contributed by atoms with Crippen molar-refractivity contribution < 1.29 is 9.47 Å². The van der Waals surface area contributed by atoms with Crippen LogP contribution >= 0.6 is 0 Å². The van der Waals surface area contributed by atoms with E-state index in [-0.39, 0.29) is 6.10 Å². The van der Waals surface area contributed by atoms with E-state index < -0.39 is 5.79 Å². The molecule has 0 aliphatic heterocycles. The average molecular weight is 234 g/mol. The van der Waals surface area contributed by atoms with Crippen LogP contribution < -0.4 is 4.74 Å². The number of hydrogen-bond donors (Lipinski definition) is 0. The first kappa shape index (κ1) is 13.8. The topological polar surface area (TPSA) is 18.5 Å². The Hall–Kier alpha value is -1.28. The molecule has 0 atom stereocenters. The van der Waals surface area contributed by atoms with Gasteiger partial charge in [0.25, 0.3) is 0 Å². The van der Waals surface area contributed by atoms with Crippen LogP contribution in [-0.2, 0) is 4.74 Å². The van der Waals surface area contributed by atoms with Crippen LogP contribution in [0.1, 0.15) is 40.2 Å². The molecule has 0 amide bonds.